The van der Waals surface area contributed by atoms with Crippen molar-refractivity contribution in [2.45, 2.75) is 6.10 Å². The van der Waals surface area contributed by atoms with E-state index < -0.39 is 0 Å². The fraction of sp³-hybridized carbons (Fsp3) is 0.312. The lowest BCUT2D eigenvalue weighted by molar-refractivity contribution is -0.148. The SMILES string of the molecule is CN1C[C@H](COc2cccc3ccccc23)OCC1=O. The van der Waals surface area contributed by atoms with E-state index >= 15 is 0 Å². The molecule has 0 aliphatic carbocycles. The average Bonchev–Trinajstić information content (AvgIpc) is 2.48. The van der Waals surface area contributed by atoms with Crippen LogP contribution in [-0.2, 0) is 9.53 Å². The van der Waals surface area contributed by atoms with Gasteiger partial charge in [-0.3, -0.25) is 4.79 Å². The number of likely N-dealkylation sites (N-methyl/N-ethyl adjacent to an activating group) is 1. The van der Waals surface area contributed by atoms with Crippen LogP contribution in [0.2, 0.25) is 0 Å². The number of benzene rings is 2. The summed E-state index contributed by atoms with van der Waals surface area (Å²) in [5.74, 6) is 0.873. The Balaban J connectivity index is 1.70. The minimum atomic E-state index is -0.0725. The van der Waals surface area contributed by atoms with E-state index in [1.54, 1.807) is 11.9 Å². The molecular weight excluding hydrogens is 254 g/mol. The molecule has 20 heavy (non-hydrogen) atoms. The molecule has 4 nitrogen and oxygen atoms in total. The third-order valence-corrected chi connectivity index (χ3v) is 3.52. The Hall–Kier alpha value is -2.07. The number of morpholine rings is 1. The first kappa shape index (κ1) is 12.9. The van der Waals surface area contributed by atoms with E-state index in [9.17, 15) is 4.79 Å². The second-order valence-corrected chi connectivity index (χ2v) is 5.00. The van der Waals surface area contributed by atoms with Crippen molar-refractivity contribution < 1.29 is 14.3 Å². The Labute approximate surface area is 117 Å². The predicted octanol–water partition coefficient (Wildman–Crippen LogP) is 2.08. The van der Waals surface area contributed by atoms with Crippen LogP contribution in [0.25, 0.3) is 10.8 Å². The molecule has 0 saturated carbocycles. The highest BCUT2D eigenvalue weighted by molar-refractivity contribution is 5.88. The molecule has 1 saturated heterocycles. The smallest absolute Gasteiger partial charge is 0.248 e. The van der Waals surface area contributed by atoms with Crippen molar-refractivity contribution in [3.8, 4) is 5.75 Å². The Morgan fingerprint density at radius 3 is 2.90 bits per heavy atom. The Kier molecular flexibility index (Phi) is 3.56. The molecule has 1 heterocycles. The number of rotatable bonds is 3. The van der Waals surface area contributed by atoms with Crippen LogP contribution in [0.1, 0.15) is 0 Å². The average molecular weight is 271 g/mol. The molecule has 1 atom stereocenters. The molecule has 2 aromatic rings. The molecule has 2 aromatic carbocycles. The summed E-state index contributed by atoms with van der Waals surface area (Å²) in [6, 6.07) is 14.1. The van der Waals surface area contributed by atoms with Crippen molar-refractivity contribution in [3.63, 3.8) is 0 Å². The number of carbonyl (C=O) groups excluding carboxylic acids is 1. The maximum atomic E-state index is 11.3. The summed E-state index contributed by atoms with van der Waals surface area (Å²) >= 11 is 0. The summed E-state index contributed by atoms with van der Waals surface area (Å²) in [6.45, 7) is 1.16. The van der Waals surface area contributed by atoms with Gasteiger partial charge in [0.1, 0.15) is 25.1 Å². The normalized spacial score (nSPS) is 19.4. The van der Waals surface area contributed by atoms with E-state index in [-0.39, 0.29) is 18.6 Å². The van der Waals surface area contributed by atoms with E-state index in [0.717, 1.165) is 16.5 Å². The number of nitrogens with zero attached hydrogens (tertiary/aromatic N) is 1. The number of hydrogen-bond donors (Lipinski definition) is 0. The van der Waals surface area contributed by atoms with E-state index in [4.69, 9.17) is 9.47 Å². The number of amides is 1. The van der Waals surface area contributed by atoms with Gasteiger partial charge in [-0.1, -0.05) is 36.4 Å². The van der Waals surface area contributed by atoms with Crippen molar-refractivity contribution in [2.75, 3.05) is 26.8 Å². The summed E-state index contributed by atoms with van der Waals surface area (Å²) in [6.07, 6.45) is -0.0725. The monoisotopic (exact) mass is 271 g/mol. The second kappa shape index (κ2) is 5.51. The first-order chi connectivity index (χ1) is 9.74. The van der Waals surface area contributed by atoms with Crippen molar-refractivity contribution in [1.29, 1.82) is 0 Å². The van der Waals surface area contributed by atoms with Crippen molar-refractivity contribution >= 4 is 16.7 Å². The second-order valence-electron chi connectivity index (χ2n) is 5.00. The van der Waals surface area contributed by atoms with Gasteiger partial charge in [-0.15, -0.1) is 0 Å². The Bertz CT molecular complexity index is 621. The van der Waals surface area contributed by atoms with Crippen LogP contribution in [0.15, 0.2) is 42.5 Å². The van der Waals surface area contributed by atoms with Crippen molar-refractivity contribution in [1.82, 2.24) is 4.90 Å². The minimum Gasteiger partial charge on any atom is -0.490 e. The molecule has 0 N–H and O–H groups in total. The van der Waals surface area contributed by atoms with Gasteiger partial charge in [0, 0.05) is 19.0 Å². The predicted molar refractivity (Wildman–Crippen MR) is 76.8 cm³/mol. The molecule has 1 aliphatic rings. The molecule has 1 amide bonds. The zero-order valence-electron chi connectivity index (χ0n) is 11.4. The lowest BCUT2D eigenvalue weighted by atomic mass is 10.1. The van der Waals surface area contributed by atoms with Gasteiger partial charge in [0.2, 0.25) is 5.91 Å². The lowest BCUT2D eigenvalue weighted by Crippen LogP contribution is -2.46. The van der Waals surface area contributed by atoms with Gasteiger partial charge in [-0.2, -0.15) is 0 Å². The van der Waals surface area contributed by atoms with Gasteiger partial charge >= 0.3 is 0 Å². The van der Waals surface area contributed by atoms with Crippen LogP contribution >= 0.6 is 0 Å². The van der Waals surface area contributed by atoms with Crippen LogP contribution in [0, 0.1) is 0 Å². The van der Waals surface area contributed by atoms with Crippen LogP contribution in [0.4, 0.5) is 0 Å². The summed E-state index contributed by atoms with van der Waals surface area (Å²) in [5, 5.41) is 2.25. The first-order valence-electron chi connectivity index (χ1n) is 6.70. The number of ether oxygens (including phenoxy) is 2. The highest BCUT2D eigenvalue weighted by Gasteiger charge is 2.23. The highest BCUT2D eigenvalue weighted by Crippen LogP contribution is 2.25. The molecule has 0 spiro atoms. The largest absolute Gasteiger partial charge is 0.490 e. The Morgan fingerprint density at radius 2 is 2.05 bits per heavy atom. The maximum Gasteiger partial charge on any atom is 0.248 e. The molecule has 3 rings (SSSR count). The third-order valence-electron chi connectivity index (χ3n) is 3.52. The van der Waals surface area contributed by atoms with E-state index in [1.807, 2.05) is 30.3 Å². The third kappa shape index (κ3) is 2.60. The quantitative estimate of drug-likeness (QED) is 0.858. The van der Waals surface area contributed by atoms with Crippen molar-refractivity contribution in [2.24, 2.45) is 0 Å². The van der Waals surface area contributed by atoms with Gasteiger partial charge in [-0.25, -0.2) is 0 Å². The molecule has 104 valence electrons. The molecule has 0 aromatic heterocycles. The van der Waals surface area contributed by atoms with Gasteiger partial charge in [0.15, 0.2) is 0 Å². The molecule has 4 heteroatoms. The molecular formula is C16H17NO3. The van der Waals surface area contributed by atoms with Gasteiger partial charge in [-0.05, 0) is 11.5 Å². The summed E-state index contributed by atoms with van der Waals surface area (Å²) in [5.41, 5.74) is 0. The van der Waals surface area contributed by atoms with Crippen LogP contribution in [0.5, 0.6) is 5.75 Å². The topological polar surface area (TPSA) is 38.8 Å². The lowest BCUT2D eigenvalue weighted by Gasteiger charge is -2.29. The van der Waals surface area contributed by atoms with E-state index in [2.05, 4.69) is 12.1 Å². The fourth-order valence-corrected chi connectivity index (χ4v) is 2.36. The maximum absolute atomic E-state index is 11.3. The van der Waals surface area contributed by atoms with Crippen LogP contribution < -0.4 is 4.74 Å². The number of carbonyl (C=O) groups is 1. The first-order valence-corrected chi connectivity index (χ1v) is 6.70. The fourth-order valence-electron chi connectivity index (χ4n) is 2.36. The zero-order valence-corrected chi connectivity index (χ0v) is 11.4. The molecule has 1 aliphatic heterocycles. The van der Waals surface area contributed by atoms with Crippen molar-refractivity contribution in [3.05, 3.63) is 42.5 Å². The van der Waals surface area contributed by atoms with Crippen LogP contribution in [0.3, 0.4) is 0 Å². The zero-order chi connectivity index (χ0) is 13.9. The molecule has 0 radical (unpaired) electrons. The van der Waals surface area contributed by atoms with E-state index in [0.29, 0.717) is 13.2 Å². The number of hydrogen-bond acceptors (Lipinski definition) is 3. The molecule has 0 unspecified atom stereocenters. The highest BCUT2D eigenvalue weighted by atomic mass is 16.5. The van der Waals surface area contributed by atoms with Gasteiger partial charge in [0.25, 0.3) is 0 Å². The van der Waals surface area contributed by atoms with Gasteiger partial charge < -0.3 is 14.4 Å². The standard InChI is InChI=1S/C16H17NO3/c1-17-9-13(19-11-16(17)18)10-20-15-8-4-6-12-5-2-3-7-14(12)15/h2-8,13H,9-11H2,1H3/t13-/m1/s1. The Morgan fingerprint density at radius 1 is 1.25 bits per heavy atom. The number of fused-ring (bicyclic) bond motifs is 1. The van der Waals surface area contributed by atoms with Gasteiger partial charge in [0.05, 0.1) is 0 Å². The molecule has 1 fully saturated rings. The van der Waals surface area contributed by atoms with E-state index in [1.165, 1.54) is 0 Å². The van der Waals surface area contributed by atoms with Crippen LogP contribution in [-0.4, -0.2) is 43.7 Å². The summed E-state index contributed by atoms with van der Waals surface area (Å²) in [7, 11) is 1.79. The molecule has 0 bridgehead atoms. The summed E-state index contributed by atoms with van der Waals surface area (Å²) < 4.78 is 11.4. The summed E-state index contributed by atoms with van der Waals surface area (Å²) in [4.78, 5) is 13.0. The minimum absolute atomic E-state index is 0.0198.